The fourth-order valence-corrected chi connectivity index (χ4v) is 2.40. The predicted octanol–water partition coefficient (Wildman–Crippen LogP) is 5.02. The molecule has 0 spiro atoms. The summed E-state index contributed by atoms with van der Waals surface area (Å²) >= 11 is 3.39. The molecule has 0 heterocycles. The molecule has 2 aromatic carbocycles. The molecule has 2 aromatic rings. The van der Waals surface area contributed by atoms with Crippen molar-refractivity contribution in [3.8, 4) is 17.2 Å². The summed E-state index contributed by atoms with van der Waals surface area (Å²) in [5, 5.41) is 0.979. The Bertz CT molecular complexity index is 665. The van der Waals surface area contributed by atoms with E-state index in [0.29, 0.717) is 30.3 Å². The second-order valence-electron chi connectivity index (χ2n) is 5.23. The molecule has 0 aliphatic heterocycles. The average molecular weight is 405 g/mol. The van der Waals surface area contributed by atoms with E-state index in [9.17, 15) is 4.79 Å². The van der Waals surface area contributed by atoms with Gasteiger partial charge in [0.15, 0.2) is 0 Å². The van der Waals surface area contributed by atoms with E-state index in [4.69, 9.17) is 14.2 Å². The van der Waals surface area contributed by atoms with Gasteiger partial charge in [0.2, 0.25) is 0 Å². The highest BCUT2D eigenvalue weighted by Crippen LogP contribution is 2.20. The Kier molecular flexibility index (Phi) is 8.05. The topological polar surface area (TPSA) is 44.8 Å². The first-order valence-electron chi connectivity index (χ1n) is 8.07. The fraction of sp³-hybridized carbons (Fsp3) is 0.250. The van der Waals surface area contributed by atoms with Crippen LogP contribution in [0.25, 0.3) is 0 Å². The Balaban J connectivity index is 1.86. The Morgan fingerprint density at radius 2 is 1.52 bits per heavy atom. The highest BCUT2D eigenvalue weighted by molar-refractivity contribution is 9.09. The zero-order valence-corrected chi connectivity index (χ0v) is 15.5. The third-order valence-electron chi connectivity index (χ3n) is 3.29. The molecule has 0 radical (unpaired) electrons. The number of carbonyl (C=O) groups is 1. The lowest BCUT2D eigenvalue weighted by atomic mass is 10.2. The van der Waals surface area contributed by atoms with E-state index < -0.39 is 5.97 Å². The summed E-state index contributed by atoms with van der Waals surface area (Å²) in [6, 6.07) is 13.8. The number of alkyl halides is 1. The Labute approximate surface area is 156 Å². The monoisotopic (exact) mass is 404 g/mol. The lowest BCUT2D eigenvalue weighted by Gasteiger charge is -2.08. The molecule has 2 rings (SSSR count). The Morgan fingerprint density at radius 3 is 2.16 bits per heavy atom. The number of rotatable bonds is 10. The van der Waals surface area contributed by atoms with E-state index in [1.807, 2.05) is 0 Å². The molecule has 0 bridgehead atoms. The first-order chi connectivity index (χ1) is 12.2. The van der Waals surface area contributed by atoms with Crippen LogP contribution in [0.5, 0.6) is 17.2 Å². The van der Waals surface area contributed by atoms with Crippen LogP contribution in [0.15, 0.2) is 61.2 Å². The van der Waals surface area contributed by atoms with Crippen molar-refractivity contribution in [3.05, 3.63) is 66.7 Å². The van der Waals surface area contributed by atoms with Gasteiger partial charge >= 0.3 is 5.97 Å². The van der Waals surface area contributed by atoms with Crippen molar-refractivity contribution in [2.75, 3.05) is 18.5 Å². The molecule has 4 nitrogen and oxygen atoms in total. The second-order valence-corrected chi connectivity index (χ2v) is 6.02. The molecular formula is C20H21BrO4. The van der Waals surface area contributed by atoms with Gasteiger partial charge in [0.1, 0.15) is 23.9 Å². The molecular weight excluding hydrogens is 384 g/mol. The average Bonchev–Trinajstić information content (AvgIpc) is 2.65. The lowest BCUT2D eigenvalue weighted by Crippen LogP contribution is -2.08. The van der Waals surface area contributed by atoms with Gasteiger partial charge in [-0.05, 0) is 61.4 Å². The molecule has 25 heavy (non-hydrogen) atoms. The summed E-state index contributed by atoms with van der Waals surface area (Å²) in [6.45, 7) is 4.69. The van der Waals surface area contributed by atoms with E-state index >= 15 is 0 Å². The number of hydrogen-bond acceptors (Lipinski definition) is 4. The number of benzene rings is 2. The van der Waals surface area contributed by atoms with Crippen LogP contribution in [0.1, 0.15) is 23.2 Å². The van der Waals surface area contributed by atoms with Crippen molar-refractivity contribution in [3.63, 3.8) is 0 Å². The van der Waals surface area contributed by atoms with Gasteiger partial charge < -0.3 is 14.2 Å². The van der Waals surface area contributed by atoms with Crippen LogP contribution >= 0.6 is 15.9 Å². The van der Waals surface area contributed by atoms with E-state index in [0.717, 1.165) is 23.9 Å². The van der Waals surface area contributed by atoms with Gasteiger partial charge in [0.25, 0.3) is 0 Å². The first kappa shape index (κ1) is 19.1. The summed E-state index contributed by atoms with van der Waals surface area (Å²) in [5.74, 6) is 1.50. The quantitative estimate of drug-likeness (QED) is 0.183. The molecule has 0 N–H and O–H groups in total. The van der Waals surface area contributed by atoms with Crippen LogP contribution in [0.4, 0.5) is 0 Å². The smallest absolute Gasteiger partial charge is 0.343 e. The largest absolute Gasteiger partial charge is 0.494 e. The molecule has 0 atom stereocenters. The van der Waals surface area contributed by atoms with Crippen molar-refractivity contribution < 1.29 is 19.0 Å². The van der Waals surface area contributed by atoms with Crippen molar-refractivity contribution in [1.82, 2.24) is 0 Å². The predicted molar refractivity (Wildman–Crippen MR) is 102 cm³/mol. The summed E-state index contributed by atoms with van der Waals surface area (Å²) < 4.78 is 16.4. The highest BCUT2D eigenvalue weighted by atomic mass is 79.9. The molecule has 0 saturated heterocycles. The van der Waals surface area contributed by atoms with Gasteiger partial charge in [-0.25, -0.2) is 4.79 Å². The van der Waals surface area contributed by atoms with Crippen LogP contribution in [-0.4, -0.2) is 24.5 Å². The molecule has 0 fully saturated rings. The maximum atomic E-state index is 12.2. The molecule has 0 aromatic heterocycles. The van der Waals surface area contributed by atoms with Crippen molar-refractivity contribution in [2.45, 2.75) is 12.8 Å². The third-order valence-corrected chi connectivity index (χ3v) is 3.85. The number of halogens is 1. The number of hydrogen-bond donors (Lipinski definition) is 0. The van der Waals surface area contributed by atoms with Gasteiger partial charge in [0.05, 0.1) is 12.2 Å². The summed E-state index contributed by atoms with van der Waals surface area (Å²) in [4.78, 5) is 12.2. The van der Waals surface area contributed by atoms with Crippen LogP contribution in [0, 0.1) is 0 Å². The summed E-state index contributed by atoms with van der Waals surface area (Å²) in [5.41, 5.74) is 0.459. The zero-order chi connectivity index (χ0) is 17.9. The Hall–Kier alpha value is -2.27. The number of esters is 1. The van der Waals surface area contributed by atoms with Crippen LogP contribution in [-0.2, 0) is 0 Å². The van der Waals surface area contributed by atoms with Gasteiger partial charge in [-0.1, -0.05) is 28.6 Å². The molecule has 132 valence electrons. The Morgan fingerprint density at radius 1 is 0.920 bits per heavy atom. The standard InChI is InChI=1S/C20H21BrO4/c1-2-14-23-17-7-5-16(6-8-17)20(22)25-19-11-9-18(10-12-19)24-15-4-3-13-21/h2,5-12H,1,3-4,13-15H2. The number of ether oxygens (including phenoxy) is 3. The maximum absolute atomic E-state index is 12.2. The van der Waals surface area contributed by atoms with E-state index in [1.165, 1.54) is 0 Å². The fourth-order valence-electron chi connectivity index (χ4n) is 2.00. The van der Waals surface area contributed by atoms with E-state index in [2.05, 4.69) is 22.5 Å². The molecule has 0 saturated carbocycles. The number of unbranched alkanes of at least 4 members (excludes halogenated alkanes) is 1. The van der Waals surface area contributed by atoms with Crippen molar-refractivity contribution >= 4 is 21.9 Å². The minimum Gasteiger partial charge on any atom is -0.494 e. The first-order valence-corrected chi connectivity index (χ1v) is 9.20. The van der Waals surface area contributed by atoms with Gasteiger partial charge in [-0.3, -0.25) is 0 Å². The third kappa shape index (κ3) is 6.63. The minimum absolute atomic E-state index is 0.416. The molecule has 5 heteroatoms. The van der Waals surface area contributed by atoms with Crippen molar-refractivity contribution in [1.29, 1.82) is 0 Å². The molecule has 0 aliphatic carbocycles. The van der Waals surface area contributed by atoms with E-state index in [1.54, 1.807) is 54.6 Å². The lowest BCUT2D eigenvalue weighted by molar-refractivity contribution is 0.0734. The van der Waals surface area contributed by atoms with Crippen molar-refractivity contribution in [2.24, 2.45) is 0 Å². The zero-order valence-electron chi connectivity index (χ0n) is 13.9. The minimum atomic E-state index is -0.416. The SMILES string of the molecule is C=CCOc1ccc(C(=O)Oc2ccc(OCCCCBr)cc2)cc1. The van der Waals surface area contributed by atoms with Crippen LogP contribution in [0.2, 0.25) is 0 Å². The molecule has 0 aliphatic rings. The summed E-state index contributed by atoms with van der Waals surface area (Å²) in [6.07, 6.45) is 3.73. The van der Waals surface area contributed by atoms with Crippen LogP contribution < -0.4 is 14.2 Å². The van der Waals surface area contributed by atoms with E-state index in [-0.39, 0.29) is 0 Å². The summed E-state index contributed by atoms with van der Waals surface area (Å²) in [7, 11) is 0. The normalized spacial score (nSPS) is 10.1. The highest BCUT2D eigenvalue weighted by Gasteiger charge is 2.09. The van der Waals surface area contributed by atoms with Gasteiger partial charge in [-0.2, -0.15) is 0 Å². The number of carbonyl (C=O) groups excluding carboxylic acids is 1. The molecule has 0 amide bonds. The second kappa shape index (κ2) is 10.6. The van der Waals surface area contributed by atoms with Gasteiger partial charge in [0, 0.05) is 5.33 Å². The maximum Gasteiger partial charge on any atom is 0.343 e. The molecule has 0 unspecified atom stereocenters. The van der Waals surface area contributed by atoms with Crippen LogP contribution in [0.3, 0.4) is 0 Å². The van der Waals surface area contributed by atoms with Gasteiger partial charge in [-0.15, -0.1) is 0 Å².